The fraction of sp³-hybridized carbons (Fsp3) is 0.286. The number of nitrogens with two attached hydrogens (primary N) is 1. The van der Waals surface area contributed by atoms with Gasteiger partial charge in [-0.15, -0.1) is 0 Å². The molecule has 4 rings (SSSR count). The summed E-state index contributed by atoms with van der Waals surface area (Å²) < 4.78 is 29.6. The number of hydrogen-bond donors (Lipinski definition) is 2. The number of hydrazine groups is 1. The second-order valence-corrected chi connectivity index (χ2v) is 10.1. The van der Waals surface area contributed by atoms with Crippen LogP contribution in [-0.4, -0.2) is 29.6 Å². The Labute approximate surface area is 214 Å². The smallest absolute Gasteiger partial charge is 0.265 e. The number of nitrogen functional groups attached to an aromatic ring is 1. The number of benzene rings is 3. The molecule has 1 aliphatic heterocycles. The van der Waals surface area contributed by atoms with Gasteiger partial charge in [0.05, 0.1) is 17.7 Å². The number of rotatable bonds is 8. The molecule has 0 aliphatic carbocycles. The molecule has 0 radical (unpaired) electrons. The van der Waals surface area contributed by atoms with Crippen LogP contribution in [0.5, 0.6) is 0 Å². The fourth-order valence-electron chi connectivity index (χ4n) is 5.05. The first-order valence-electron chi connectivity index (χ1n) is 11.7. The van der Waals surface area contributed by atoms with Crippen LogP contribution in [0, 0.1) is 23.1 Å². The van der Waals surface area contributed by atoms with Crippen molar-refractivity contribution in [1.29, 1.82) is 5.26 Å². The molecule has 36 heavy (non-hydrogen) atoms. The summed E-state index contributed by atoms with van der Waals surface area (Å²) in [6.45, 7) is 2.86. The molecule has 1 fully saturated rings. The highest BCUT2D eigenvalue weighted by atomic mass is 35.5. The van der Waals surface area contributed by atoms with Gasteiger partial charge < -0.3 is 0 Å². The summed E-state index contributed by atoms with van der Waals surface area (Å²) in [4.78, 5) is 14.0. The maximum Gasteiger partial charge on any atom is 0.265 e. The average Bonchev–Trinajstić information content (AvgIpc) is 2.82. The van der Waals surface area contributed by atoms with Crippen molar-refractivity contribution < 1.29 is 13.6 Å². The van der Waals surface area contributed by atoms with Crippen molar-refractivity contribution in [3.05, 3.63) is 105 Å². The summed E-state index contributed by atoms with van der Waals surface area (Å²) >= 11 is 6.09. The van der Waals surface area contributed by atoms with E-state index in [2.05, 4.69) is 11.0 Å². The summed E-state index contributed by atoms with van der Waals surface area (Å²) in [5, 5.41) is 10.00. The molecule has 3 aromatic carbocycles. The maximum atomic E-state index is 15.6. The minimum atomic E-state index is -1.59. The SMILES string of the molecule is CC(F)(Cc1cc(F)cc(C(=O)NN)c1)CC1CN(C(c2ccc(Cl)cc2)c2cccc(C#N)c2)C1. The Balaban J connectivity index is 1.47. The van der Waals surface area contributed by atoms with E-state index in [9.17, 15) is 14.4 Å². The third-order valence-corrected chi connectivity index (χ3v) is 6.76. The predicted molar refractivity (Wildman–Crippen MR) is 135 cm³/mol. The van der Waals surface area contributed by atoms with E-state index in [4.69, 9.17) is 17.4 Å². The number of carbonyl (C=O) groups is 1. The van der Waals surface area contributed by atoms with Crippen molar-refractivity contribution in [1.82, 2.24) is 10.3 Å². The van der Waals surface area contributed by atoms with E-state index >= 15 is 4.39 Å². The number of alkyl halides is 1. The predicted octanol–water partition coefficient (Wildman–Crippen LogP) is 5.34. The van der Waals surface area contributed by atoms with E-state index in [1.54, 1.807) is 6.07 Å². The lowest BCUT2D eigenvalue weighted by molar-refractivity contribution is 0.0237. The Morgan fingerprint density at radius 1 is 1.19 bits per heavy atom. The van der Waals surface area contributed by atoms with E-state index in [0.717, 1.165) is 17.2 Å². The van der Waals surface area contributed by atoms with Crippen LogP contribution in [0.4, 0.5) is 8.78 Å². The number of nitrogens with one attached hydrogen (secondary N) is 1. The Morgan fingerprint density at radius 2 is 1.92 bits per heavy atom. The third kappa shape index (κ3) is 6.08. The highest BCUT2D eigenvalue weighted by Crippen LogP contribution is 2.39. The fourth-order valence-corrected chi connectivity index (χ4v) is 5.18. The standard InChI is InChI=1S/C28H27ClF2N4O/c1-28(31,13-19-10-23(27(36)34-33)12-25(30)11-19)14-20-16-35(17-20)26(21-5-7-24(29)8-6-21)22-4-2-3-18(9-22)15-32/h2-12,20,26H,13-14,16-17,33H2,1H3,(H,34,36). The molecule has 8 heteroatoms. The Hall–Kier alpha value is -3.31. The van der Waals surface area contributed by atoms with Gasteiger partial charge in [0.2, 0.25) is 0 Å². The van der Waals surface area contributed by atoms with Gasteiger partial charge in [0.15, 0.2) is 0 Å². The molecule has 1 amide bonds. The van der Waals surface area contributed by atoms with Gasteiger partial charge in [-0.3, -0.25) is 15.1 Å². The van der Waals surface area contributed by atoms with Crippen LogP contribution in [0.1, 0.15) is 52.0 Å². The summed E-state index contributed by atoms with van der Waals surface area (Å²) in [7, 11) is 0. The van der Waals surface area contributed by atoms with E-state index in [1.165, 1.54) is 19.1 Å². The van der Waals surface area contributed by atoms with Gasteiger partial charge in [-0.25, -0.2) is 14.6 Å². The summed E-state index contributed by atoms with van der Waals surface area (Å²) in [5.41, 5.74) is 3.46. The van der Waals surface area contributed by atoms with Crippen molar-refractivity contribution in [2.24, 2.45) is 11.8 Å². The molecule has 3 aromatic rings. The first-order valence-corrected chi connectivity index (χ1v) is 12.0. The van der Waals surface area contributed by atoms with Crippen LogP contribution in [0.15, 0.2) is 66.7 Å². The molecule has 1 aliphatic rings. The van der Waals surface area contributed by atoms with Crippen molar-refractivity contribution in [2.75, 3.05) is 13.1 Å². The zero-order valence-corrected chi connectivity index (χ0v) is 20.6. The molecular formula is C28H27ClF2N4O. The lowest BCUT2D eigenvalue weighted by atomic mass is 9.82. The summed E-state index contributed by atoms with van der Waals surface area (Å²) in [6.07, 6.45) is 0.279. The van der Waals surface area contributed by atoms with Crippen LogP contribution in [-0.2, 0) is 6.42 Å². The highest BCUT2D eigenvalue weighted by molar-refractivity contribution is 6.30. The van der Waals surface area contributed by atoms with E-state index < -0.39 is 17.4 Å². The molecule has 2 unspecified atom stereocenters. The average molecular weight is 509 g/mol. The zero-order valence-electron chi connectivity index (χ0n) is 19.8. The number of halogens is 3. The lowest BCUT2D eigenvalue weighted by Crippen LogP contribution is -2.50. The molecule has 5 nitrogen and oxygen atoms in total. The van der Waals surface area contributed by atoms with Crippen LogP contribution in [0.25, 0.3) is 0 Å². The summed E-state index contributed by atoms with van der Waals surface area (Å²) in [5.74, 6) is 4.02. The number of hydrogen-bond acceptors (Lipinski definition) is 4. The molecule has 1 saturated heterocycles. The minimum Gasteiger partial charge on any atom is -0.292 e. The van der Waals surface area contributed by atoms with Crippen LogP contribution >= 0.6 is 11.6 Å². The van der Waals surface area contributed by atoms with Gasteiger partial charge >= 0.3 is 0 Å². The molecule has 0 saturated carbocycles. The molecule has 0 spiro atoms. The topological polar surface area (TPSA) is 82.2 Å². The molecule has 1 heterocycles. The largest absolute Gasteiger partial charge is 0.292 e. The zero-order chi connectivity index (χ0) is 25.9. The van der Waals surface area contributed by atoms with Crippen molar-refractivity contribution in [3.8, 4) is 6.07 Å². The quantitative estimate of drug-likeness (QED) is 0.244. The molecule has 186 valence electrons. The van der Waals surface area contributed by atoms with Crippen LogP contribution in [0.3, 0.4) is 0 Å². The Kier molecular flexibility index (Phi) is 7.70. The Bertz CT molecular complexity index is 1280. The molecular weight excluding hydrogens is 482 g/mol. The number of amides is 1. The Morgan fingerprint density at radius 3 is 2.58 bits per heavy atom. The maximum absolute atomic E-state index is 15.6. The number of nitrogens with zero attached hydrogens (tertiary/aromatic N) is 2. The normalized spacial score (nSPS) is 16.4. The van der Waals surface area contributed by atoms with Crippen LogP contribution < -0.4 is 11.3 Å². The van der Waals surface area contributed by atoms with E-state index in [-0.39, 0.29) is 23.9 Å². The van der Waals surface area contributed by atoms with Gasteiger partial charge in [-0.2, -0.15) is 5.26 Å². The molecule has 3 N–H and O–H groups in total. The number of carbonyl (C=O) groups excluding carboxylic acids is 1. The van der Waals surface area contributed by atoms with Crippen LogP contribution in [0.2, 0.25) is 5.02 Å². The molecule has 2 atom stereocenters. The first kappa shape index (κ1) is 25.8. The molecule has 0 aromatic heterocycles. The van der Waals surface area contributed by atoms with Gasteiger partial charge in [-0.05, 0) is 78.4 Å². The van der Waals surface area contributed by atoms with E-state index in [1.807, 2.05) is 47.9 Å². The highest BCUT2D eigenvalue weighted by Gasteiger charge is 2.38. The second kappa shape index (κ2) is 10.8. The third-order valence-electron chi connectivity index (χ3n) is 6.51. The molecule has 0 bridgehead atoms. The van der Waals surface area contributed by atoms with Crippen molar-refractivity contribution in [2.45, 2.75) is 31.5 Å². The summed E-state index contributed by atoms with van der Waals surface area (Å²) in [6, 6.07) is 21.0. The minimum absolute atomic E-state index is 0.0169. The first-order chi connectivity index (χ1) is 17.2. The number of nitriles is 1. The van der Waals surface area contributed by atoms with Crippen molar-refractivity contribution >= 4 is 17.5 Å². The van der Waals surface area contributed by atoms with E-state index in [0.29, 0.717) is 35.7 Å². The van der Waals surface area contributed by atoms with Gasteiger partial charge in [0, 0.05) is 30.1 Å². The monoisotopic (exact) mass is 508 g/mol. The number of likely N-dealkylation sites (tertiary alicyclic amines) is 1. The lowest BCUT2D eigenvalue weighted by Gasteiger charge is -2.46. The van der Waals surface area contributed by atoms with Gasteiger partial charge in [-0.1, -0.05) is 35.9 Å². The van der Waals surface area contributed by atoms with Gasteiger partial charge in [0.25, 0.3) is 5.91 Å². The second-order valence-electron chi connectivity index (χ2n) is 9.63. The van der Waals surface area contributed by atoms with Gasteiger partial charge in [0.1, 0.15) is 11.5 Å². The van der Waals surface area contributed by atoms with Crippen molar-refractivity contribution in [3.63, 3.8) is 0 Å².